The fraction of sp³-hybridized carbons (Fsp3) is 0.438. The van der Waals surface area contributed by atoms with Crippen LogP contribution in [0.4, 0.5) is 0 Å². The molecule has 0 fully saturated rings. The SMILES string of the molecule is COc1cc2c(c3oc(CO)cc(=O)c13)CCC(C)(C)O2. The normalized spacial score (nSPS) is 16.4. The van der Waals surface area contributed by atoms with Crippen molar-refractivity contribution in [3.8, 4) is 11.5 Å². The van der Waals surface area contributed by atoms with E-state index >= 15 is 0 Å². The van der Waals surface area contributed by atoms with Gasteiger partial charge in [0.15, 0.2) is 5.43 Å². The van der Waals surface area contributed by atoms with Crippen LogP contribution in [0.15, 0.2) is 21.3 Å². The highest BCUT2D eigenvalue weighted by atomic mass is 16.5. The molecule has 0 saturated carbocycles. The van der Waals surface area contributed by atoms with Gasteiger partial charge in [0.1, 0.15) is 40.4 Å². The van der Waals surface area contributed by atoms with Gasteiger partial charge in [-0.05, 0) is 26.7 Å². The van der Waals surface area contributed by atoms with E-state index in [9.17, 15) is 9.90 Å². The quantitative estimate of drug-likeness (QED) is 0.919. The van der Waals surface area contributed by atoms with Crippen molar-refractivity contribution in [1.82, 2.24) is 0 Å². The van der Waals surface area contributed by atoms with Crippen molar-refractivity contribution in [2.24, 2.45) is 0 Å². The van der Waals surface area contributed by atoms with E-state index in [2.05, 4.69) is 0 Å². The van der Waals surface area contributed by atoms with Gasteiger partial charge in [0.25, 0.3) is 0 Å². The zero-order valence-corrected chi connectivity index (χ0v) is 12.4. The van der Waals surface area contributed by atoms with Gasteiger partial charge in [-0.1, -0.05) is 0 Å². The number of benzene rings is 1. The molecular formula is C16H18O5. The molecule has 1 aromatic heterocycles. The highest BCUT2D eigenvalue weighted by molar-refractivity contribution is 5.88. The topological polar surface area (TPSA) is 68.9 Å². The van der Waals surface area contributed by atoms with Crippen molar-refractivity contribution in [1.29, 1.82) is 0 Å². The molecule has 2 heterocycles. The molecule has 0 spiro atoms. The maximum atomic E-state index is 12.3. The van der Waals surface area contributed by atoms with Crippen LogP contribution in [0.1, 0.15) is 31.6 Å². The van der Waals surface area contributed by atoms with Gasteiger partial charge in [0.2, 0.25) is 0 Å². The van der Waals surface area contributed by atoms with Gasteiger partial charge >= 0.3 is 0 Å². The Balaban J connectivity index is 2.36. The van der Waals surface area contributed by atoms with Gasteiger partial charge in [-0.2, -0.15) is 0 Å². The van der Waals surface area contributed by atoms with Crippen LogP contribution in [0, 0.1) is 0 Å². The fourth-order valence-corrected chi connectivity index (χ4v) is 2.72. The number of aryl methyl sites for hydroxylation is 1. The lowest BCUT2D eigenvalue weighted by Crippen LogP contribution is -2.32. The number of hydrogen-bond acceptors (Lipinski definition) is 5. The summed E-state index contributed by atoms with van der Waals surface area (Å²) in [5, 5.41) is 9.64. The standard InChI is InChI=1S/C16H18O5/c1-16(2)5-4-10-12(21-16)7-13(19-3)14-11(18)6-9(8-17)20-15(10)14/h6-7,17H,4-5,8H2,1-3H3. The van der Waals surface area contributed by atoms with Crippen molar-refractivity contribution in [2.45, 2.75) is 38.9 Å². The van der Waals surface area contributed by atoms with Gasteiger partial charge in [0.05, 0.1) is 7.11 Å². The first-order valence-corrected chi connectivity index (χ1v) is 6.91. The lowest BCUT2D eigenvalue weighted by molar-refractivity contribution is 0.0845. The van der Waals surface area contributed by atoms with Crippen molar-refractivity contribution in [3.05, 3.63) is 33.7 Å². The van der Waals surface area contributed by atoms with Crippen LogP contribution >= 0.6 is 0 Å². The Labute approximate surface area is 122 Å². The van der Waals surface area contributed by atoms with E-state index in [1.807, 2.05) is 13.8 Å². The minimum atomic E-state index is -0.316. The molecule has 0 radical (unpaired) electrons. The van der Waals surface area contributed by atoms with Crippen LogP contribution in [0.2, 0.25) is 0 Å². The summed E-state index contributed by atoms with van der Waals surface area (Å²) in [5.74, 6) is 1.35. The number of aliphatic hydroxyl groups excluding tert-OH is 1. The predicted molar refractivity (Wildman–Crippen MR) is 78.0 cm³/mol. The second-order valence-corrected chi connectivity index (χ2v) is 5.86. The molecule has 0 aliphatic carbocycles. The van der Waals surface area contributed by atoms with E-state index in [1.165, 1.54) is 13.2 Å². The first-order valence-electron chi connectivity index (χ1n) is 6.91. The lowest BCUT2D eigenvalue weighted by Gasteiger charge is -2.33. The third-order valence-electron chi connectivity index (χ3n) is 3.82. The molecule has 1 N–H and O–H groups in total. The van der Waals surface area contributed by atoms with Gasteiger partial charge < -0.3 is 19.0 Å². The van der Waals surface area contributed by atoms with Crippen LogP contribution in [0.25, 0.3) is 11.0 Å². The molecule has 5 nitrogen and oxygen atoms in total. The Morgan fingerprint density at radius 1 is 1.38 bits per heavy atom. The summed E-state index contributed by atoms with van der Waals surface area (Å²) < 4.78 is 17.0. The van der Waals surface area contributed by atoms with Gasteiger partial charge in [0, 0.05) is 17.7 Å². The highest BCUT2D eigenvalue weighted by Crippen LogP contribution is 2.41. The van der Waals surface area contributed by atoms with Crippen LogP contribution in [0.5, 0.6) is 11.5 Å². The minimum Gasteiger partial charge on any atom is -0.496 e. The summed E-state index contributed by atoms with van der Waals surface area (Å²) in [6.45, 7) is 3.73. The van der Waals surface area contributed by atoms with Crippen molar-refractivity contribution in [3.63, 3.8) is 0 Å². The molecular weight excluding hydrogens is 272 g/mol. The van der Waals surface area contributed by atoms with Gasteiger partial charge in [-0.15, -0.1) is 0 Å². The predicted octanol–water partition coefficient (Wildman–Crippen LogP) is 2.40. The number of ether oxygens (including phenoxy) is 2. The number of fused-ring (bicyclic) bond motifs is 3. The first-order chi connectivity index (χ1) is 9.95. The van der Waals surface area contributed by atoms with Gasteiger partial charge in [-0.3, -0.25) is 4.79 Å². The van der Waals surface area contributed by atoms with Crippen molar-refractivity contribution < 1.29 is 19.0 Å². The lowest BCUT2D eigenvalue weighted by atomic mass is 9.93. The van der Waals surface area contributed by atoms with Crippen molar-refractivity contribution >= 4 is 11.0 Å². The number of rotatable bonds is 2. The molecule has 1 aromatic carbocycles. The Hall–Kier alpha value is -2.01. The number of aliphatic hydroxyl groups is 1. The summed E-state index contributed by atoms with van der Waals surface area (Å²) in [5.41, 5.74) is 0.833. The number of methoxy groups -OCH3 is 1. The Kier molecular flexibility index (Phi) is 3.17. The van der Waals surface area contributed by atoms with Crippen molar-refractivity contribution in [2.75, 3.05) is 7.11 Å². The van der Waals surface area contributed by atoms with E-state index in [0.29, 0.717) is 22.5 Å². The van der Waals surface area contributed by atoms with Crippen LogP contribution < -0.4 is 14.9 Å². The minimum absolute atomic E-state index is 0.218. The molecule has 112 valence electrons. The summed E-state index contributed by atoms with van der Waals surface area (Å²) in [4.78, 5) is 12.3. The maximum Gasteiger partial charge on any atom is 0.196 e. The highest BCUT2D eigenvalue weighted by Gasteiger charge is 2.30. The summed E-state index contributed by atoms with van der Waals surface area (Å²) >= 11 is 0. The Morgan fingerprint density at radius 3 is 2.81 bits per heavy atom. The summed E-state index contributed by atoms with van der Waals surface area (Å²) in [7, 11) is 1.51. The van der Waals surface area contributed by atoms with Crippen LogP contribution in [0.3, 0.4) is 0 Å². The van der Waals surface area contributed by atoms with E-state index < -0.39 is 0 Å². The van der Waals surface area contributed by atoms with E-state index in [0.717, 1.165) is 18.4 Å². The zero-order valence-electron chi connectivity index (χ0n) is 12.4. The molecule has 1 aliphatic heterocycles. The second kappa shape index (κ2) is 4.77. The smallest absolute Gasteiger partial charge is 0.196 e. The molecule has 2 aromatic rings. The summed E-state index contributed by atoms with van der Waals surface area (Å²) in [6.07, 6.45) is 1.58. The third-order valence-corrected chi connectivity index (χ3v) is 3.82. The summed E-state index contributed by atoms with van der Waals surface area (Å²) in [6, 6.07) is 3.04. The molecule has 0 saturated heterocycles. The van der Waals surface area contributed by atoms with E-state index in [-0.39, 0.29) is 23.4 Å². The average molecular weight is 290 g/mol. The molecule has 0 unspecified atom stereocenters. The zero-order chi connectivity index (χ0) is 15.2. The second-order valence-electron chi connectivity index (χ2n) is 5.86. The molecule has 0 atom stereocenters. The molecule has 5 heteroatoms. The van der Waals surface area contributed by atoms with Gasteiger partial charge in [-0.25, -0.2) is 0 Å². The fourth-order valence-electron chi connectivity index (χ4n) is 2.72. The molecule has 1 aliphatic rings. The average Bonchev–Trinajstić information content (AvgIpc) is 2.44. The molecule has 0 amide bonds. The van der Waals surface area contributed by atoms with Crippen LogP contribution in [-0.4, -0.2) is 17.8 Å². The number of hydrogen-bond donors (Lipinski definition) is 1. The monoisotopic (exact) mass is 290 g/mol. The molecule has 0 bridgehead atoms. The Bertz CT molecular complexity index is 757. The molecule has 3 rings (SSSR count). The third kappa shape index (κ3) is 2.27. The van der Waals surface area contributed by atoms with E-state index in [1.54, 1.807) is 6.07 Å². The molecule has 21 heavy (non-hydrogen) atoms. The largest absolute Gasteiger partial charge is 0.496 e. The van der Waals surface area contributed by atoms with Crippen LogP contribution in [-0.2, 0) is 13.0 Å². The maximum absolute atomic E-state index is 12.3. The van der Waals surface area contributed by atoms with E-state index in [4.69, 9.17) is 13.9 Å². The first kappa shape index (κ1) is 13.9. The Morgan fingerprint density at radius 2 is 2.14 bits per heavy atom.